The van der Waals surface area contributed by atoms with Gasteiger partial charge in [0.1, 0.15) is 6.17 Å². The molecule has 0 aromatic heterocycles. The first-order chi connectivity index (χ1) is 14.3. The van der Waals surface area contributed by atoms with Gasteiger partial charge < -0.3 is 20.4 Å². The highest BCUT2D eigenvalue weighted by Crippen LogP contribution is 2.38. The van der Waals surface area contributed by atoms with Gasteiger partial charge in [0.05, 0.1) is 6.04 Å². The van der Waals surface area contributed by atoms with Crippen LogP contribution in [0.4, 0.5) is 4.39 Å². The van der Waals surface area contributed by atoms with Crippen molar-refractivity contribution in [3.8, 4) is 0 Å². The van der Waals surface area contributed by atoms with Crippen molar-refractivity contribution >= 4 is 11.8 Å². The molecule has 1 aliphatic carbocycles. The first kappa shape index (κ1) is 22.0. The van der Waals surface area contributed by atoms with Crippen molar-refractivity contribution in [1.29, 1.82) is 0 Å². The number of likely N-dealkylation sites (N-methyl/N-ethyl adjacent to an activating group) is 1. The number of piperazine rings is 1. The van der Waals surface area contributed by atoms with E-state index in [1.165, 1.54) is 0 Å². The first-order valence-corrected chi connectivity index (χ1v) is 11.7. The van der Waals surface area contributed by atoms with Crippen molar-refractivity contribution in [3.63, 3.8) is 0 Å². The van der Waals surface area contributed by atoms with Gasteiger partial charge in [-0.15, -0.1) is 0 Å². The highest BCUT2D eigenvalue weighted by atomic mass is 19.1. The van der Waals surface area contributed by atoms with Gasteiger partial charge in [-0.3, -0.25) is 14.5 Å². The predicted octanol–water partition coefficient (Wildman–Crippen LogP) is 0.454. The second-order valence-corrected chi connectivity index (χ2v) is 10.1. The van der Waals surface area contributed by atoms with E-state index in [4.69, 9.17) is 0 Å². The zero-order chi connectivity index (χ0) is 21.4. The topological polar surface area (TPSA) is 67.9 Å². The van der Waals surface area contributed by atoms with Crippen molar-refractivity contribution in [3.05, 3.63) is 0 Å². The Kier molecular flexibility index (Phi) is 6.65. The van der Waals surface area contributed by atoms with Crippen molar-refractivity contribution in [2.45, 2.75) is 69.9 Å². The van der Waals surface area contributed by atoms with Crippen LogP contribution in [0.25, 0.3) is 0 Å². The number of hydrogen-bond donors (Lipinski definition) is 2. The molecule has 0 spiro atoms. The van der Waals surface area contributed by atoms with Crippen LogP contribution in [0.1, 0.15) is 39.5 Å². The third-order valence-corrected chi connectivity index (χ3v) is 7.89. The van der Waals surface area contributed by atoms with Crippen LogP contribution >= 0.6 is 0 Å². The van der Waals surface area contributed by atoms with E-state index in [-0.39, 0.29) is 35.9 Å². The molecular weight excluding hydrogens is 385 g/mol. The van der Waals surface area contributed by atoms with Gasteiger partial charge >= 0.3 is 0 Å². The Hall–Kier alpha value is -1.25. The summed E-state index contributed by atoms with van der Waals surface area (Å²) in [6.07, 6.45) is 2.29. The van der Waals surface area contributed by atoms with E-state index in [1.807, 2.05) is 4.90 Å². The van der Waals surface area contributed by atoms with Gasteiger partial charge in [0.2, 0.25) is 11.8 Å². The average Bonchev–Trinajstić information content (AvgIpc) is 3.17. The zero-order valence-electron chi connectivity index (χ0n) is 18.6. The number of likely N-dealkylation sites (tertiary alicyclic amines) is 1. The molecule has 1 saturated carbocycles. The molecular formula is C22H38FN5O2. The van der Waals surface area contributed by atoms with E-state index >= 15 is 0 Å². The maximum Gasteiger partial charge on any atom is 0.237 e. The van der Waals surface area contributed by atoms with Crippen LogP contribution in [0, 0.1) is 11.8 Å². The fourth-order valence-electron chi connectivity index (χ4n) is 6.16. The third-order valence-electron chi connectivity index (χ3n) is 7.89. The largest absolute Gasteiger partial charge is 0.351 e. The lowest BCUT2D eigenvalue weighted by atomic mass is 9.77. The van der Waals surface area contributed by atoms with E-state index in [1.54, 1.807) is 6.92 Å². The Balaban J connectivity index is 1.31. The second-order valence-electron chi connectivity index (χ2n) is 10.1. The maximum atomic E-state index is 14.4. The fourth-order valence-corrected chi connectivity index (χ4v) is 6.16. The van der Waals surface area contributed by atoms with Gasteiger partial charge in [-0.1, -0.05) is 6.92 Å². The molecule has 4 aliphatic rings. The number of halogens is 1. The summed E-state index contributed by atoms with van der Waals surface area (Å²) in [5.74, 6) is 0.585. The van der Waals surface area contributed by atoms with Crippen LogP contribution < -0.4 is 10.6 Å². The Bertz CT molecular complexity index is 623. The normalized spacial score (nSPS) is 40.8. The first-order valence-electron chi connectivity index (χ1n) is 11.7. The quantitative estimate of drug-likeness (QED) is 0.690. The summed E-state index contributed by atoms with van der Waals surface area (Å²) in [6.45, 7) is 8.98. The summed E-state index contributed by atoms with van der Waals surface area (Å²) in [7, 11) is 2.11. The molecule has 2 N–H and O–H groups in total. The molecule has 5 unspecified atom stereocenters. The number of carbonyl (C=O) groups excluding carboxylic acids is 2. The standard InChI is InChI=1S/C22H38FN5O2/c1-14-4-5-19(23)18-11-20(25-21(14)18)22(30)24-16-10-17(13-26(3)12-16)28-8-6-27(7-9-28)15(2)29/h14,16-21,25H,4-13H2,1-3H3,(H,24,30)/t14?,16-,17-,18?,19?,20?,21?/m0/s1. The van der Waals surface area contributed by atoms with E-state index in [0.717, 1.165) is 52.1 Å². The van der Waals surface area contributed by atoms with Crippen LogP contribution in [0.15, 0.2) is 0 Å². The van der Waals surface area contributed by atoms with Gasteiger partial charge in [-0.05, 0) is 38.6 Å². The van der Waals surface area contributed by atoms with Crippen LogP contribution in [-0.2, 0) is 9.59 Å². The summed E-state index contributed by atoms with van der Waals surface area (Å²) in [5.41, 5.74) is 0. The van der Waals surface area contributed by atoms with Gasteiger partial charge in [-0.2, -0.15) is 0 Å². The number of carbonyl (C=O) groups is 2. The summed E-state index contributed by atoms with van der Waals surface area (Å²) in [5, 5.41) is 6.72. The molecule has 0 aromatic carbocycles. The highest BCUT2D eigenvalue weighted by Gasteiger charge is 2.46. The van der Waals surface area contributed by atoms with Crippen molar-refractivity contribution in [2.24, 2.45) is 11.8 Å². The molecule has 3 heterocycles. The molecule has 0 aromatic rings. The maximum absolute atomic E-state index is 14.4. The highest BCUT2D eigenvalue weighted by molar-refractivity contribution is 5.82. The fraction of sp³-hybridized carbons (Fsp3) is 0.909. The Morgan fingerprint density at radius 3 is 2.47 bits per heavy atom. The second kappa shape index (κ2) is 9.09. The van der Waals surface area contributed by atoms with E-state index in [2.05, 4.69) is 34.4 Å². The number of amides is 2. The predicted molar refractivity (Wildman–Crippen MR) is 114 cm³/mol. The number of nitrogens with one attached hydrogen (secondary N) is 2. The van der Waals surface area contributed by atoms with Gasteiger partial charge in [0.15, 0.2) is 0 Å². The summed E-state index contributed by atoms with van der Waals surface area (Å²) >= 11 is 0. The lowest BCUT2D eigenvalue weighted by Crippen LogP contribution is -2.60. The molecule has 7 nitrogen and oxygen atoms in total. The minimum Gasteiger partial charge on any atom is -0.351 e. The molecule has 3 aliphatic heterocycles. The van der Waals surface area contributed by atoms with Crippen molar-refractivity contribution in [1.82, 2.24) is 25.3 Å². The van der Waals surface area contributed by atoms with Gasteiger partial charge in [-0.25, -0.2) is 4.39 Å². The van der Waals surface area contributed by atoms with E-state index in [9.17, 15) is 14.0 Å². The van der Waals surface area contributed by atoms with Crippen LogP contribution in [0.5, 0.6) is 0 Å². The smallest absolute Gasteiger partial charge is 0.237 e. The Labute approximate surface area is 179 Å². The van der Waals surface area contributed by atoms with Gasteiger partial charge in [0, 0.05) is 70.2 Å². The summed E-state index contributed by atoms with van der Waals surface area (Å²) in [4.78, 5) is 31.3. The summed E-state index contributed by atoms with van der Waals surface area (Å²) in [6, 6.07) is 0.347. The number of alkyl halides is 1. The van der Waals surface area contributed by atoms with E-state index < -0.39 is 6.17 Å². The SMILES string of the molecule is CC(=O)N1CCN([C@H]2C[C@H](NC(=O)C3CC4C(F)CCC(C)C4N3)CN(C)C2)CC1. The minimum absolute atomic E-state index is 0.0242. The van der Waals surface area contributed by atoms with Crippen LogP contribution in [0.3, 0.4) is 0 Å². The molecule has 170 valence electrons. The summed E-state index contributed by atoms with van der Waals surface area (Å²) < 4.78 is 14.4. The van der Waals surface area contributed by atoms with Gasteiger partial charge in [0.25, 0.3) is 0 Å². The number of fused-ring (bicyclic) bond motifs is 1. The third kappa shape index (κ3) is 4.65. The molecule has 2 amide bonds. The molecule has 30 heavy (non-hydrogen) atoms. The lowest BCUT2D eigenvalue weighted by molar-refractivity contribution is -0.131. The number of piperidine rings is 1. The lowest BCUT2D eigenvalue weighted by Gasteiger charge is -2.45. The van der Waals surface area contributed by atoms with Crippen LogP contribution in [0.2, 0.25) is 0 Å². The molecule has 0 bridgehead atoms. The molecule has 4 rings (SSSR count). The Morgan fingerprint density at radius 2 is 1.80 bits per heavy atom. The Morgan fingerprint density at radius 1 is 1.07 bits per heavy atom. The molecule has 8 heteroatoms. The van der Waals surface area contributed by atoms with Crippen LogP contribution in [-0.4, -0.2) is 103 Å². The number of rotatable bonds is 3. The monoisotopic (exact) mass is 423 g/mol. The van der Waals surface area contributed by atoms with E-state index in [0.29, 0.717) is 24.8 Å². The molecule has 3 saturated heterocycles. The zero-order valence-corrected chi connectivity index (χ0v) is 18.6. The average molecular weight is 424 g/mol. The molecule has 7 atom stereocenters. The molecule has 0 radical (unpaired) electrons. The number of hydrogen-bond acceptors (Lipinski definition) is 5. The molecule has 4 fully saturated rings. The minimum atomic E-state index is -0.782. The number of nitrogens with zero attached hydrogens (tertiary/aromatic N) is 3. The van der Waals surface area contributed by atoms with Crippen molar-refractivity contribution in [2.75, 3.05) is 46.3 Å². The van der Waals surface area contributed by atoms with Crippen molar-refractivity contribution < 1.29 is 14.0 Å².